The minimum Gasteiger partial charge on any atom is -0.548 e. The maximum Gasteiger partial charge on any atom is 0.266 e. The number of carboxylic acids is 1. The van der Waals surface area contributed by atoms with Crippen LogP contribution in [0.5, 0.6) is 11.5 Å². The standard InChI is InChI=1S/C17H19NO5S2/c1-4-6-11(16(20)21)18-15(19)13(25-17(18)24)9-10-7-5-8-12(22-2)14(10)23-3/h5,7-9,11H,4,6H2,1-3H3,(H,20,21)/p-1/b13-9-/t11-/m0/s1. The van der Waals surface area contributed by atoms with Crippen LogP contribution >= 0.6 is 24.0 Å². The molecule has 0 aromatic heterocycles. The summed E-state index contributed by atoms with van der Waals surface area (Å²) in [6.45, 7) is 1.84. The van der Waals surface area contributed by atoms with Gasteiger partial charge in [-0.05, 0) is 18.6 Å². The molecule has 0 bridgehead atoms. The Morgan fingerprint density at radius 1 is 1.40 bits per heavy atom. The molecular formula is C17H18NO5S2-. The molecule has 0 spiro atoms. The third kappa shape index (κ3) is 3.96. The van der Waals surface area contributed by atoms with Crippen molar-refractivity contribution in [2.75, 3.05) is 14.2 Å². The first-order valence-corrected chi connectivity index (χ1v) is 8.86. The van der Waals surface area contributed by atoms with E-state index in [1.165, 1.54) is 14.2 Å². The van der Waals surface area contributed by atoms with Gasteiger partial charge in [0.15, 0.2) is 11.5 Å². The summed E-state index contributed by atoms with van der Waals surface area (Å²) < 4.78 is 10.8. The van der Waals surface area contributed by atoms with Crippen molar-refractivity contribution >= 4 is 46.3 Å². The Kier molecular flexibility index (Phi) is 6.44. The number of hydrogen-bond donors (Lipinski definition) is 0. The van der Waals surface area contributed by atoms with Crippen LogP contribution in [0.25, 0.3) is 6.08 Å². The molecule has 0 aliphatic carbocycles. The number of carbonyl (C=O) groups is 2. The number of benzene rings is 1. The predicted octanol–water partition coefficient (Wildman–Crippen LogP) is 1.82. The van der Waals surface area contributed by atoms with Crippen LogP contribution in [0.1, 0.15) is 25.3 Å². The van der Waals surface area contributed by atoms with Gasteiger partial charge in [0.2, 0.25) is 0 Å². The van der Waals surface area contributed by atoms with Gasteiger partial charge in [-0.2, -0.15) is 0 Å². The Bertz CT molecular complexity index is 732. The zero-order chi connectivity index (χ0) is 18.6. The molecule has 0 saturated carbocycles. The van der Waals surface area contributed by atoms with Gasteiger partial charge in [0, 0.05) is 5.56 Å². The van der Waals surface area contributed by atoms with Crippen LogP contribution in [0.4, 0.5) is 0 Å². The summed E-state index contributed by atoms with van der Waals surface area (Å²) in [5.41, 5.74) is 0.642. The van der Waals surface area contributed by atoms with E-state index in [1.807, 2.05) is 6.92 Å². The maximum atomic E-state index is 12.7. The van der Waals surface area contributed by atoms with E-state index in [2.05, 4.69) is 0 Å². The molecule has 25 heavy (non-hydrogen) atoms. The van der Waals surface area contributed by atoms with Crippen molar-refractivity contribution in [1.82, 2.24) is 4.90 Å². The number of nitrogens with zero attached hydrogens (tertiary/aromatic N) is 1. The summed E-state index contributed by atoms with van der Waals surface area (Å²) in [7, 11) is 3.03. The Morgan fingerprint density at radius 3 is 2.68 bits per heavy atom. The molecule has 1 fully saturated rings. The zero-order valence-corrected chi connectivity index (χ0v) is 15.7. The van der Waals surface area contributed by atoms with E-state index in [9.17, 15) is 14.7 Å². The summed E-state index contributed by atoms with van der Waals surface area (Å²) in [5, 5.41) is 11.4. The van der Waals surface area contributed by atoms with Crippen molar-refractivity contribution in [3.05, 3.63) is 28.7 Å². The summed E-state index contributed by atoms with van der Waals surface area (Å²) in [6.07, 6.45) is 2.50. The SMILES string of the molecule is CCC[C@@H](C(=O)[O-])N1C(=O)/C(=C/c2cccc(OC)c2OC)SC1=S. The van der Waals surface area contributed by atoms with Gasteiger partial charge in [-0.25, -0.2) is 0 Å². The van der Waals surface area contributed by atoms with Crippen LogP contribution in [0, 0.1) is 0 Å². The summed E-state index contributed by atoms with van der Waals surface area (Å²) in [6, 6.07) is 4.23. The van der Waals surface area contributed by atoms with E-state index < -0.39 is 17.9 Å². The number of para-hydroxylation sites is 1. The molecule has 0 N–H and O–H groups in total. The third-order valence-electron chi connectivity index (χ3n) is 3.69. The summed E-state index contributed by atoms with van der Waals surface area (Å²) in [4.78, 5) is 25.5. The molecular weight excluding hydrogens is 362 g/mol. The van der Waals surface area contributed by atoms with E-state index in [1.54, 1.807) is 24.3 Å². The van der Waals surface area contributed by atoms with Crippen molar-refractivity contribution in [3.63, 3.8) is 0 Å². The second kappa shape index (κ2) is 8.35. The highest BCUT2D eigenvalue weighted by Gasteiger charge is 2.37. The third-order valence-corrected chi connectivity index (χ3v) is 5.02. The fraction of sp³-hybridized carbons (Fsp3) is 0.353. The Morgan fingerprint density at radius 2 is 2.12 bits per heavy atom. The molecule has 0 radical (unpaired) electrons. The van der Waals surface area contributed by atoms with Gasteiger partial charge in [-0.3, -0.25) is 9.69 Å². The van der Waals surface area contributed by atoms with E-state index in [0.717, 1.165) is 16.7 Å². The van der Waals surface area contributed by atoms with Crippen LogP contribution in [-0.2, 0) is 9.59 Å². The van der Waals surface area contributed by atoms with Gasteiger partial charge in [0.05, 0.1) is 31.1 Å². The fourth-order valence-electron chi connectivity index (χ4n) is 2.54. The monoisotopic (exact) mass is 380 g/mol. The average Bonchev–Trinajstić information content (AvgIpc) is 2.86. The number of thioether (sulfide) groups is 1. The zero-order valence-electron chi connectivity index (χ0n) is 14.1. The highest BCUT2D eigenvalue weighted by atomic mass is 32.2. The minimum atomic E-state index is -1.31. The van der Waals surface area contributed by atoms with Crippen LogP contribution in [0.3, 0.4) is 0 Å². The van der Waals surface area contributed by atoms with Crippen LogP contribution in [0.15, 0.2) is 23.1 Å². The minimum absolute atomic E-state index is 0.209. The molecule has 1 aliphatic rings. The molecule has 1 aromatic rings. The lowest BCUT2D eigenvalue weighted by atomic mass is 10.1. The highest BCUT2D eigenvalue weighted by Crippen LogP contribution is 2.38. The summed E-state index contributed by atoms with van der Waals surface area (Å²) >= 11 is 6.27. The molecule has 1 atom stereocenters. The molecule has 1 amide bonds. The number of methoxy groups -OCH3 is 2. The van der Waals surface area contributed by atoms with Gasteiger partial charge in [0.25, 0.3) is 5.91 Å². The number of thiocarbonyl (C=S) groups is 1. The quantitative estimate of drug-likeness (QED) is 0.527. The lowest BCUT2D eigenvalue weighted by molar-refractivity contribution is -0.310. The molecule has 2 rings (SSSR count). The first-order chi connectivity index (χ1) is 11.9. The molecule has 6 nitrogen and oxygen atoms in total. The van der Waals surface area contributed by atoms with E-state index in [-0.39, 0.29) is 10.7 Å². The molecule has 8 heteroatoms. The molecule has 1 saturated heterocycles. The number of carbonyl (C=O) groups excluding carboxylic acids is 2. The van der Waals surface area contributed by atoms with Crippen molar-refractivity contribution in [2.45, 2.75) is 25.8 Å². The van der Waals surface area contributed by atoms with Crippen molar-refractivity contribution < 1.29 is 24.2 Å². The van der Waals surface area contributed by atoms with Crippen LogP contribution in [-0.4, -0.2) is 41.4 Å². The first kappa shape index (κ1) is 19.3. The van der Waals surface area contributed by atoms with Gasteiger partial charge >= 0.3 is 0 Å². The van der Waals surface area contributed by atoms with Crippen LogP contribution < -0.4 is 14.6 Å². The molecule has 0 unspecified atom stereocenters. The largest absolute Gasteiger partial charge is 0.548 e. The predicted molar refractivity (Wildman–Crippen MR) is 98.3 cm³/mol. The Labute approximate surface area is 155 Å². The molecule has 1 heterocycles. The maximum absolute atomic E-state index is 12.7. The lowest BCUT2D eigenvalue weighted by Gasteiger charge is -2.27. The summed E-state index contributed by atoms with van der Waals surface area (Å²) in [5.74, 6) is -0.730. The number of carboxylic acid groups (broad SMARTS) is 1. The van der Waals surface area contributed by atoms with Crippen molar-refractivity contribution in [2.24, 2.45) is 0 Å². The number of rotatable bonds is 7. The van der Waals surface area contributed by atoms with E-state index in [4.69, 9.17) is 21.7 Å². The van der Waals surface area contributed by atoms with E-state index in [0.29, 0.717) is 28.4 Å². The Balaban J connectivity index is 2.39. The van der Waals surface area contributed by atoms with Gasteiger partial charge in [-0.1, -0.05) is 49.5 Å². The normalized spacial score (nSPS) is 17.1. The number of ether oxygens (including phenoxy) is 2. The first-order valence-electron chi connectivity index (χ1n) is 7.63. The number of aliphatic carboxylic acids is 1. The molecule has 1 aliphatic heterocycles. The van der Waals surface area contributed by atoms with Gasteiger partial charge < -0.3 is 19.4 Å². The van der Waals surface area contributed by atoms with E-state index >= 15 is 0 Å². The second-order valence-corrected chi connectivity index (χ2v) is 6.93. The average molecular weight is 380 g/mol. The second-order valence-electron chi connectivity index (χ2n) is 5.26. The lowest BCUT2D eigenvalue weighted by Crippen LogP contribution is -2.49. The Hall–Kier alpha value is -2.06. The topological polar surface area (TPSA) is 78.9 Å². The van der Waals surface area contributed by atoms with Crippen LogP contribution in [0.2, 0.25) is 0 Å². The van der Waals surface area contributed by atoms with Crippen molar-refractivity contribution in [1.29, 1.82) is 0 Å². The number of amides is 1. The highest BCUT2D eigenvalue weighted by molar-refractivity contribution is 8.26. The van der Waals surface area contributed by atoms with Crippen molar-refractivity contribution in [3.8, 4) is 11.5 Å². The molecule has 134 valence electrons. The number of hydrogen-bond acceptors (Lipinski definition) is 7. The van der Waals surface area contributed by atoms with Gasteiger partial charge in [0.1, 0.15) is 4.32 Å². The fourth-order valence-corrected chi connectivity index (χ4v) is 3.89. The van der Waals surface area contributed by atoms with Gasteiger partial charge in [-0.15, -0.1) is 0 Å². The molecule has 1 aromatic carbocycles. The smallest absolute Gasteiger partial charge is 0.266 e.